The van der Waals surface area contributed by atoms with Crippen molar-refractivity contribution in [3.8, 4) is 22.8 Å². The highest BCUT2D eigenvalue weighted by atomic mass is 35.5. The summed E-state index contributed by atoms with van der Waals surface area (Å²) in [5.74, 6) is 1.39. The van der Waals surface area contributed by atoms with Gasteiger partial charge in [0.05, 0.1) is 12.1 Å². The monoisotopic (exact) mass is 470 g/mol. The molecule has 5 rings (SSSR count). The van der Waals surface area contributed by atoms with Gasteiger partial charge in [-0.1, -0.05) is 54.1 Å². The van der Waals surface area contributed by atoms with Gasteiger partial charge in [0.25, 0.3) is 11.4 Å². The molecule has 34 heavy (non-hydrogen) atoms. The summed E-state index contributed by atoms with van der Waals surface area (Å²) in [6.07, 6.45) is 3.04. The summed E-state index contributed by atoms with van der Waals surface area (Å²) in [6.45, 7) is 0.333. The van der Waals surface area contributed by atoms with Gasteiger partial charge in [-0.05, 0) is 52.7 Å². The standard InChI is InChI=1S/C26H19ClN4O3/c27-20-8-6-18(7-9-20)17-31-25(32)23(19-4-2-1-3-5-19)16-28-26(31)29-21-10-12-22(13-11-21)34-24-14-15-33-30-24/h1-16H,17H2,(H,28,29). The molecule has 0 unspecified atom stereocenters. The molecule has 0 amide bonds. The third kappa shape index (κ3) is 4.84. The quantitative estimate of drug-likeness (QED) is 0.308. The van der Waals surface area contributed by atoms with Crippen LogP contribution in [0.25, 0.3) is 11.1 Å². The number of anilines is 2. The zero-order valence-electron chi connectivity index (χ0n) is 17.9. The highest BCUT2D eigenvalue weighted by Gasteiger charge is 2.13. The van der Waals surface area contributed by atoms with Crippen molar-refractivity contribution in [3.05, 3.63) is 118 Å². The first-order valence-electron chi connectivity index (χ1n) is 10.5. The fourth-order valence-corrected chi connectivity index (χ4v) is 3.56. The minimum Gasteiger partial charge on any atom is -0.436 e. The number of ether oxygens (including phenoxy) is 1. The van der Waals surface area contributed by atoms with E-state index >= 15 is 0 Å². The van der Waals surface area contributed by atoms with Gasteiger partial charge in [-0.3, -0.25) is 9.36 Å². The van der Waals surface area contributed by atoms with E-state index in [9.17, 15) is 4.79 Å². The Morgan fingerprint density at radius 3 is 2.41 bits per heavy atom. The summed E-state index contributed by atoms with van der Waals surface area (Å²) >= 11 is 6.03. The summed E-state index contributed by atoms with van der Waals surface area (Å²) < 4.78 is 12.0. The second kappa shape index (κ2) is 9.64. The number of halogens is 1. The van der Waals surface area contributed by atoms with Crippen LogP contribution in [-0.2, 0) is 6.54 Å². The second-order valence-electron chi connectivity index (χ2n) is 7.47. The Morgan fingerprint density at radius 2 is 1.71 bits per heavy atom. The van der Waals surface area contributed by atoms with Crippen molar-refractivity contribution in [2.24, 2.45) is 0 Å². The molecule has 1 N–H and O–H groups in total. The molecule has 0 saturated heterocycles. The number of nitrogens with zero attached hydrogens (tertiary/aromatic N) is 3. The molecule has 8 heteroatoms. The molecule has 0 radical (unpaired) electrons. The normalized spacial score (nSPS) is 10.7. The van der Waals surface area contributed by atoms with E-state index in [2.05, 4.69) is 15.5 Å². The third-order valence-corrected chi connectivity index (χ3v) is 5.38. The Hall–Kier alpha value is -4.36. The van der Waals surface area contributed by atoms with Crippen molar-refractivity contribution in [2.75, 3.05) is 5.32 Å². The van der Waals surface area contributed by atoms with Crippen LogP contribution in [0.2, 0.25) is 5.02 Å². The molecule has 2 aromatic heterocycles. The second-order valence-corrected chi connectivity index (χ2v) is 7.90. The molecule has 168 valence electrons. The van der Waals surface area contributed by atoms with Crippen LogP contribution in [0.4, 0.5) is 11.6 Å². The van der Waals surface area contributed by atoms with Gasteiger partial charge in [-0.25, -0.2) is 4.98 Å². The minimum atomic E-state index is -0.148. The van der Waals surface area contributed by atoms with Crippen LogP contribution in [0.1, 0.15) is 5.56 Å². The lowest BCUT2D eigenvalue weighted by molar-refractivity contribution is 0.367. The van der Waals surface area contributed by atoms with Crippen molar-refractivity contribution in [3.63, 3.8) is 0 Å². The highest BCUT2D eigenvalue weighted by molar-refractivity contribution is 6.30. The number of benzene rings is 3. The van der Waals surface area contributed by atoms with Crippen molar-refractivity contribution >= 4 is 23.2 Å². The first-order valence-corrected chi connectivity index (χ1v) is 10.9. The predicted molar refractivity (Wildman–Crippen MR) is 131 cm³/mol. The molecule has 0 aliphatic carbocycles. The minimum absolute atomic E-state index is 0.148. The summed E-state index contributed by atoms with van der Waals surface area (Å²) in [5.41, 5.74) is 2.86. The van der Waals surface area contributed by atoms with E-state index in [1.54, 1.807) is 41.1 Å². The number of aromatic nitrogens is 3. The molecule has 0 fully saturated rings. The van der Waals surface area contributed by atoms with Gasteiger partial charge in [0.2, 0.25) is 5.95 Å². The molecule has 0 aliphatic rings. The Labute approximate surface area is 200 Å². The summed E-state index contributed by atoms with van der Waals surface area (Å²) in [4.78, 5) is 18.1. The summed E-state index contributed by atoms with van der Waals surface area (Å²) in [6, 6.07) is 25.8. The zero-order valence-corrected chi connectivity index (χ0v) is 18.6. The Kier molecular flexibility index (Phi) is 6.09. The Bertz CT molecular complexity index is 1430. The van der Waals surface area contributed by atoms with Gasteiger partial charge < -0.3 is 14.6 Å². The van der Waals surface area contributed by atoms with E-state index in [1.807, 2.05) is 54.6 Å². The smallest absolute Gasteiger partial charge is 0.263 e. The maximum absolute atomic E-state index is 13.5. The third-order valence-electron chi connectivity index (χ3n) is 5.13. The van der Waals surface area contributed by atoms with E-state index in [1.165, 1.54) is 6.26 Å². The molecule has 0 saturated carbocycles. The first-order chi connectivity index (χ1) is 16.7. The van der Waals surface area contributed by atoms with Crippen molar-refractivity contribution in [2.45, 2.75) is 6.54 Å². The van der Waals surface area contributed by atoms with Crippen LogP contribution >= 0.6 is 11.6 Å². The number of rotatable bonds is 7. The molecule has 2 heterocycles. The fraction of sp³-hybridized carbons (Fsp3) is 0.0385. The van der Waals surface area contributed by atoms with E-state index in [-0.39, 0.29) is 5.56 Å². The molecule has 0 aliphatic heterocycles. The van der Waals surface area contributed by atoms with E-state index in [0.717, 1.165) is 16.8 Å². The molecular formula is C26H19ClN4O3. The van der Waals surface area contributed by atoms with E-state index in [0.29, 0.717) is 34.7 Å². The Balaban J connectivity index is 1.47. The number of hydrogen-bond acceptors (Lipinski definition) is 6. The van der Waals surface area contributed by atoms with Crippen LogP contribution in [0.15, 0.2) is 107 Å². The predicted octanol–water partition coefficient (Wildman–Crippen LogP) is 6.14. The molecular weight excluding hydrogens is 452 g/mol. The lowest BCUT2D eigenvalue weighted by Crippen LogP contribution is -2.25. The molecule has 3 aromatic carbocycles. The highest BCUT2D eigenvalue weighted by Crippen LogP contribution is 2.24. The van der Waals surface area contributed by atoms with Crippen molar-refractivity contribution < 1.29 is 9.26 Å². The van der Waals surface area contributed by atoms with Gasteiger partial charge in [0.1, 0.15) is 12.0 Å². The van der Waals surface area contributed by atoms with Crippen LogP contribution in [0.3, 0.4) is 0 Å². The van der Waals surface area contributed by atoms with Crippen LogP contribution in [-0.4, -0.2) is 14.7 Å². The van der Waals surface area contributed by atoms with Gasteiger partial charge in [-0.15, -0.1) is 0 Å². The maximum Gasteiger partial charge on any atom is 0.263 e. The number of hydrogen-bond donors (Lipinski definition) is 1. The topological polar surface area (TPSA) is 82.2 Å². The van der Waals surface area contributed by atoms with Crippen LogP contribution in [0, 0.1) is 0 Å². The van der Waals surface area contributed by atoms with Crippen molar-refractivity contribution in [1.29, 1.82) is 0 Å². The van der Waals surface area contributed by atoms with E-state index in [4.69, 9.17) is 20.9 Å². The van der Waals surface area contributed by atoms with Gasteiger partial charge in [0.15, 0.2) is 0 Å². The lowest BCUT2D eigenvalue weighted by Gasteiger charge is -2.15. The lowest BCUT2D eigenvalue weighted by atomic mass is 10.1. The SMILES string of the molecule is O=c1c(-c2ccccc2)cnc(Nc2ccc(Oc3ccon3)cc2)n1Cc1ccc(Cl)cc1. The zero-order chi connectivity index (χ0) is 23.3. The van der Waals surface area contributed by atoms with Crippen molar-refractivity contribution in [1.82, 2.24) is 14.7 Å². The average molecular weight is 471 g/mol. The van der Waals surface area contributed by atoms with Gasteiger partial charge in [0, 0.05) is 23.0 Å². The Morgan fingerprint density at radius 1 is 0.941 bits per heavy atom. The molecule has 0 atom stereocenters. The molecule has 0 bridgehead atoms. The molecule has 7 nitrogen and oxygen atoms in total. The largest absolute Gasteiger partial charge is 0.436 e. The average Bonchev–Trinajstić information content (AvgIpc) is 3.37. The molecule has 5 aromatic rings. The first kappa shape index (κ1) is 21.5. The number of nitrogens with one attached hydrogen (secondary N) is 1. The van der Waals surface area contributed by atoms with Gasteiger partial charge >= 0.3 is 0 Å². The summed E-state index contributed by atoms with van der Waals surface area (Å²) in [7, 11) is 0. The van der Waals surface area contributed by atoms with Crippen LogP contribution < -0.4 is 15.6 Å². The van der Waals surface area contributed by atoms with E-state index < -0.39 is 0 Å². The molecule has 0 spiro atoms. The fourth-order valence-electron chi connectivity index (χ4n) is 3.44. The maximum atomic E-state index is 13.5. The van der Waals surface area contributed by atoms with Gasteiger partial charge in [-0.2, -0.15) is 0 Å². The van der Waals surface area contributed by atoms with Crippen LogP contribution in [0.5, 0.6) is 11.6 Å². The summed E-state index contributed by atoms with van der Waals surface area (Å²) in [5, 5.41) is 7.62.